The lowest BCUT2D eigenvalue weighted by molar-refractivity contribution is -0.138. The molecular weight excluding hydrogens is 392 g/mol. The highest BCUT2D eigenvalue weighted by Crippen LogP contribution is 2.21. The summed E-state index contributed by atoms with van der Waals surface area (Å²) in [7, 11) is -3.78. The number of benzene rings is 1. The molecule has 0 radical (unpaired) electrons. The van der Waals surface area contributed by atoms with Crippen LogP contribution in [-0.2, 0) is 19.6 Å². The van der Waals surface area contributed by atoms with E-state index >= 15 is 0 Å². The molecule has 1 aromatic rings. The summed E-state index contributed by atoms with van der Waals surface area (Å²) in [5.74, 6) is -0.908. The Balaban J connectivity index is 2.12. The number of amides is 1. The van der Waals surface area contributed by atoms with Crippen molar-refractivity contribution in [3.8, 4) is 0 Å². The highest BCUT2D eigenvalue weighted by Gasteiger charge is 2.27. The van der Waals surface area contributed by atoms with Crippen molar-refractivity contribution in [3.05, 3.63) is 29.3 Å². The van der Waals surface area contributed by atoms with Gasteiger partial charge >= 0.3 is 5.97 Å². The SMILES string of the molecule is CCC1CCCCN1C(=O)COC(=O)c1cc(S(=O)(=O)NC(C)(C)C)ccc1C. The number of carbonyl (C=O) groups is 2. The summed E-state index contributed by atoms with van der Waals surface area (Å²) in [6.07, 6.45) is 3.90. The first-order chi connectivity index (χ1) is 13.4. The van der Waals surface area contributed by atoms with E-state index in [9.17, 15) is 18.0 Å². The predicted octanol–water partition coefficient (Wildman–Crippen LogP) is 3.02. The van der Waals surface area contributed by atoms with Gasteiger partial charge in [-0.1, -0.05) is 13.0 Å². The number of nitrogens with one attached hydrogen (secondary N) is 1. The van der Waals surface area contributed by atoms with Crippen LogP contribution in [0, 0.1) is 6.92 Å². The predicted molar refractivity (Wildman–Crippen MR) is 111 cm³/mol. The summed E-state index contributed by atoms with van der Waals surface area (Å²) < 4.78 is 32.9. The van der Waals surface area contributed by atoms with Crippen LogP contribution >= 0.6 is 0 Å². The fraction of sp³-hybridized carbons (Fsp3) is 0.619. The third-order valence-electron chi connectivity index (χ3n) is 4.93. The van der Waals surface area contributed by atoms with Gasteiger partial charge < -0.3 is 9.64 Å². The molecule has 0 saturated carbocycles. The van der Waals surface area contributed by atoms with Crippen LogP contribution in [-0.4, -0.2) is 49.9 Å². The van der Waals surface area contributed by atoms with E-state index in [1.54, 1.807) is 38.7 Å². The molecule has 1 heterocycles. The van der Waals surface area contributed by atoms with E-state index in [0.717, 1.165) is 25.7 Å². The summed E-state index contributed by atoms with van der Waals surface area (Å²) in [6.45, 7) is 9.30. The van der Waals surface area contributed by atoms with Gasteiger partial charge in [0.2, 0.25) is 10.0 Å². The fourth-order valence-electron chi connectivity index (χ4n) is 3.49. The van der Waals surface area contributed by atoms with Gasteiger partial charge in [-0.3, -0.25) is 4.79 Å². The smallest absolute Gasteiger partial charge is 0.338 e. The quantitative estimate of drug-likeness (QED) is 0.709. The number of likely N-dealkylation sites (tertiary alicyclic amines) is 1. The van der Waals surface area contributed by atoms with Gasteiger partial charge in [0, 0.05) is 18.1 Å². The van der Waals surface area contributed by atoms with Crippen LogP contribution in [0.1, 0.15) is 69.3 Å². The average Bonchev–Trinajstić information content (AvgIpc) is 2.64. The van der Waals surface area contributed by atoms with Gasteiger partial charge in [0.25, 0.3) is 5.91 Å². The van der Waals surface area contributed by atoms with Gasteiger partial charge in [-0.15, -0.1) is 0 Å². The van der Waals surface area contributed by atoms with Gasteiger partial charge in [0.15, 0.2) is 6.61 Å². The summed E-state index contributed by atoms with van der Waals surface area (Å²) in [5.41, 5.74) is 0.0722. The zero-order valence-corrected chi connectivity index (χ0v) is 18.8. The number of ether oxygens (including phenoxy) is 1. The molecule has 8 heteroatoms. The fourth-order valence-corrected chi connectivity index (χ4v) is 4.94. The number of hydrogen-bond donors (Lipinski definition) is 1. The number of hydrogen-bond acceptors (Lipinski definition) is 5. The van der Waals surface area contributed by atoms with Crippen molar-refractivity contribution in [1.82, 2.24) is 9.62 Å². The Morgan fingerprint density at radius 3 is 2.55 bits per heavy atom. The lowest BCUT2D eigenvalue weighted by Crippen LogP contribution is -2.45. The molecule has 2 rings (SSSR count). The maximum atomic E-state index is 12.6. The van der Waals surface area contributed by atoms with Crippen LogP contribution in [0.2, 0.25) is 0 Å². The summed E-state index contributed by atoms with van der Waals surface area (Å²) in [5, 5.41) is 0. The first kappa shape index (κ1) is 23.3. The van der Waals surface area contributed by atoms with E-state index in [1.807, 2.05) is 6.92 Å². The topological polar surface area (TPSA) is 92.8 Å². The standard InChI is InChI=1S/C21H32N2O5S/c1-6-16-9-7-8-12-23(16)19(24)14-28-20(25)18-13-17(11-10-15(18)2)29(26,27)22-21(3,4)5/h10-11,13,16,22H,6-9,12,14H2,1-5H3. The van der Waals surface area contributed by atoms with Gasteiger partial charge in [-0.25, -0.2) is 17.9 Å². The maximum absolute atomic E-state index is 12.6. The zero-order chi connectivity index (χ0) is 21.8. The number of piperidine rings is 1. The molecule has 1 aliphatic heterocycles. The Morgan fingerprint density at radius 1 is 1.24 bits per heavy atom. The first-order valence-corrected chi connectivity index (χ1v) is 11.5. The minimum atomic E-state index is -3.78. The van der Waals surface area contributed by atoms with Crippen molar-refractivity contribution >= 4 is 21.9 Å². The van der Waals surface area contributed by atoms with Crippen molar-refractivity contribution in [2.75, 3.05) is 13.2 Å². The molecule has 162 valence electrons. The molecule has 0 aromatic heterocycles. The second-order valence-corrected chi connectivity index (χ2v) is 10.2. The third-order valence-corrected chi connectivity index (χ3v) is 6.68. The third kappa shape index (κ3) is 6.27. The van der Waals surface area contributed by atoms with Crippen molar-refractivity contribution in [1.29, 1.82) is 0 Å². The molecule has 0 spiro atoms. The normalized spacial score (nSPS) is 17.8. The van der Waals surface area contributed by atoms with E-state index in [2.05, 4.69) is 4.72 Å². The monoisotopic (exact) mass is 424 g/mol. The van der Waals surface area contributed by atoms with Crippen LogP contribution < -0.4 is 4.72 Å². The van der Waals surface area contributed by atoms with Gasteiger partial charge in [0.05, 0.1) is 10.5 Å². The largest absolute Gasteiger partial charge is 0.452 e. The Labute approximate surface area is 173 Å². The lowest BCUT2D eigenvalue weighted by atomic mass is 10.00. The molecule has 29 heavy (non-hydrogen) atoms. The molecule has 1 N–H and O–H groups in total. The number of rotatable bonds is 6. The highest BCUT2D eigenvalue weighted by molar-refractivity contribution is 7.89. The first-order valence-electron chi connectivity index (χ1n) is 10.1. The second kappa shape index (κ2) is 9.26. The molecule has 1 aliphatic rings. The Kier molecular flexibility index (Phi) is 7.45. The summed E-state index contributed by atoms with van der Waals surface area (Å²) in [6, 6.07) is 4.50. The van der Waals surface area contributed by atoms with Crippen molar-refractivity contribution in [3.63, 3.8) is 0 Å². The van der Waals surface area contributed by atoms with E-state index in [-0.39, 0.29) is 29.0 Å². The summed E-state index contributed by atoms with van der Waals surface area (Å²) in [4.78, 5) is 26.8. The van der Waals surface area contributed by atoms with Crippen LogP contribution in [0.15, 0.2) is 23.1 Å². The molecule has 1 atom stereocenters. The minimum absolute atomic E-state index is 0.0154. The molecule has 7 nitrogen and oxygen atoms in total. The molecule has 0 bridgehead atoms. The second-order valence-electron chi connectivity index (χ2n) is 8.55. The Bertz CT molecular complexity index is 858. The minimum Gasteiger partial charge on any atom is -0.452 e. The maximum Gasteiger partial charge on any atom is 0.338 e. The molecule has 0 aliphatic carbocycles. The lowest BCUT2D eigenvalue weighted by Gasteiger charge is -2.35. The van der Waals surface area contributed by atoms with Gasteiger partial charge in [-0.05, 0) is 71.1 Å². The Hall–Kier alpha value is -1.93. The molecule has 1 saturated heterocycles. The zero-order valence-electron chi connectivity index (χ0n) is 17.9. The van der Waals surface area contributed by atoms with E-state index in [4.69, 9.17) is 4.74 Å². The molecule has 1 aromatic carbocycles. The van der Waals surface area contributed by atoms with Crippen molar-refractivity contribution in [2.45, 2.75) is 76.8 Å². The van der Waals surface area contributed by atoms with Gasteiger partial charge in [-0.2, -0.15) is 0 Å². The van der Waals surface area contributed by atoms with Crippen LogP contribution in [0.4, 0.5) is 0 Å². The molecule has 1 unspecified atom stereocenters. The molecular formula is C21H32N2O5S. The number of nitrogens with zero attached hydrogens (tertiary/aromatic N) is 1. The molecule has 1 amide bonds. The van der Waals surface area contributed by atoms with E-state index in [0.29, 0.717) is 12.1 Å². The van der Waals surface area contributed by atoms with Crippen LogP contribution in [0.25, 0.3) is 0 Å². The van der Waals surface area contributed by atoms with Crippen molar-refractivity contribution in [2.24, 2.45) is 0 Å². The van der Waals surface area contributed by atoms with Gasteiger partial charge in [0.1, 0.15) is 0 Å². The number of carbonyl (C=O) groups excluding carboxylic acids is 2. The number of aryl methyl sites for hydroxylation is 1. The van der Waals surface area contributed by atoms with Crippen LogP contribution in [0.3, 0.4) is 0 Å². The number of sulfonamides is 1. The highest BCUT2D eigenvalue weighted by atomic mass is 32.2. The Morgan fingerprint density at radius 2 is 1.93 bits per heavy atom. The van der Waals surface area contributed by atoms with Crippen LogP contribution in [0.5, 0.6) is 0 Å². The van der Waals surface area contributed by atoms with E-state index in [1.165, 1.54) is 12.1 Å². The summed E-state index contributed by atoms with van der Waals surface area (Å²) >= 11 is 0. The number of esters is 1. The average molecular weight is 425 g/mol. The van der Waals surface area contributed by atoms with E-state index < -0.39 is 21.5 Å². The molecule has 1 fully saturated rings. The van der Waals surface area contributed by atoms with Crippen molar-refractivity contribution < 1.29 is 22.7 Å².